The standard InChI is InChI=1S/C18H17F4N3O5/c19-11-1-7(25-4-8(30-18(25)29)3-23-16(26)15(21)22)2-12(20)14(11)24-5-9-10(6-24)13(9)17(27)28/h1-2,8-10,13,15H,3-6H2,(H,23,26)(H,27,28)/t8-,9?,10?,13?/m0/s1. The average molecular weight is 431 g/mol. The number of piperidine rings is 1. The molecule has 2 aliphatic heterocycles. The van der Waals surface area contributed by atoms with Gasteiger partial charge >= 0.3 is 18.5 Å². The minimum atomic E-state index is -3.21. The molecule has 0 radical (unpaired) electrons. The first-order chi connectivity index (χ1) is 14.2. The Hall–Kier alpha value is -3.05. The van der Waals surface area contributed by atoms with Gasteiger partial charge in [-0.25, -0.2) is 13.6 Å². The van der Waals surface area contributed by atoms with E-state index in [1.165, 1.54) is 4.90 Å². The highest BCUT2D eigenvalue weighted by molar-refractivity contribution is 5.90. The number of halogens is 4. The number of hydrogen-bond donors (Lipinski definition) is 2. The molecule has 2 unspecified atom stereocenters. The largest absolute Gasteiger partial charge is 0.481 e. The first-order valence-corrected chi connectivity index (χ1v) is 9.18. The molecule has 2 N–H and O–H groups in total. The Labute approximate surface area is 167 Å². The van der Waals surface area contributed by atoms with Crippen molar-refractivity contribution in [2.24, 2.45) is 17.8 Å². The van der Waals surface area contributed by atoms with Crippen LogP contribution in [-0.4, -0.2) is 61.8 Å². The number of alkyl halides is 2. The number of carbonyl (C=O) groups is 3. The number of nitrogens with zero attached hydrogens (tertiary/aromatic N) is 2. The van der Waals surface area contributed by atoms with Gasteiger partial charge in [0, 0.05) is 25.2 Å². The molecule has 3 fully saturated rings. The van der Waals surface area contributed by atoms with Gasteiger partial charge in [0.15, 0.2) is 11.6 Å². The van der Waals surface area contributed by atoms with Crippen molar-refractivity contribution in [1.82, 2.24) is 5.32 Å². The lowest BCUT2D eigenvalue weighted by atomic mass is 10.2. The summed E-state index contributed by atoms with van der Waals surface area (Å²) in [5, 5.41) is 11.0. The Morgan fingerprint density at radius 2 is 1.77 bits per heavy atom. The van der Waals surface area contributed by atoms with Crippen LogP contribution in [0.15, 0.2) is 12.1 Å². The molecule has 30 heavy (non-hydrogen) atoms. The van der Waals surface area contributed by atoms with Crippen LogP contribution in [0, 0.1) is 29.4 Å². The summed E-state index contributed by atoms with van der Waals surface area (Å²) in [5.41, 5.74) is -0.405. The summed E-state index contributed by atoms with van der Waals surface area (Å²) in [5.74, 6) is -5.01. The van der Waals surface area contributed by atoms with Crippen molar-refractivity contribution < 1.29 is 41.8 Å². The zero-order valence-electron chi connectivity index (χ0n) is 15.4. The van der Waals surface area contributed by atoms with E-state index >= 15 is 0 Å². The average Bonchev–Trinajstić information content (AvgIpc) is 2.98. The summed E-state index contributed by atoms with van der Waals surface area (Å²) >= 11 is 0. The lowest BCUT2D eigenvalue weighted by molar-refractivity contribution is -0.139. The monoisotopic (exact) mass is 431 g/mol. The molecule has 12 heteroatoms. The van der Waals surface area contributed by atoms with Crippen molar-refractivity contribution in [2.45, 2.75) is 12.5 Å². The Kier molecular flexibility index (Phi) is 4.94. The lowest BCUT2D eigenvalue weighted by Gasteiger charge is -2.24. The number of aliphatic carboxylic acids is 1. The molecule has 8 nitrogen and oxygen atoms in total. The van der Waals surface area contributed by atoms with E-state index in [9.17, 15) is 31.9 Å². The van der Waals surface area contributed by atoms with Gasteiger partial charge in [-0.15, -0.1) is 0 Å². The third-order valence-corrected chi connectivity index (χ3v) is 5.68. The first kappa shape index (κ1) is 20.2. The Balaban J connectivity index is 1.43. The second-order valence-electron chi connectivity index (χ2n) is 7.52. The van der Waals surface area contributed by atoms with Crippen LogP contribution in [0.5, 0.6) is 0 Å². The van der Waals surface area contributed by atoms with Crippen molar-refractivity contribution in [3.8, 4) is 0 Å². The molecule has 0 bridgehead atoms. The maximum absolute atomic E-state index is 14.7. The summed E-state index contributed by atoms with van der Waals surface area (Å²) in [7, 11) is 0. The molecular formula is C18H17F4N3O5. The van der Waals surface area contributed by atoms with E-state index in [0.717, 1.165) is 17.0 Å². The predicted molar refractivity (Wildman–Crippen MR) is 93.3 cm³/mol. The van der Waals surface area contributed by atoms with E-state index in [2.05, 4.69) is 0 Å². The van der Waals surface area contributed by atoms with Crippen molar-refractivity contribution in [2.75, 3.05) is 36.0 Å². The highest BCUT2D eigenvalue weighted by Gasteiger charge is 2.60. The second-order valence-corrected chi connectivity index (χ2v) is 7.52. The van der Waals surface area contributed by atoms with E-state index in [4.69, 9.17) is 9.84 Å². The molecule has 3 aliphatic rings. The predicted octanol–water partition coefficient (Wildman–Crippen LogP) is 1.44. The Morgan fingerprint density at radius 1 is 1.17 bits per heavy atom. The van der Waals surface area contributed by atoms with Crippen molar-refractivity contribution in [3.63, 3.8) is 0 Å². The molecule has 162 valence electrons. The van der Waals surface area contributed by atoms with Crippen LogP contribution in [0.4, 0.5) is 33.7 Å². The van der Waals surface area contributed by atoms with E-state index in [0.29, 0.717) is 0 Å². The van der Waals surface area contributed by atoms with Gasteiger partial charge in [-0.05, 0) is 11.8 Å². The topological polar surface area (TPSA) is 99.2 Å². The second kappa shape index (κ2) is 7.33. The Bertz CT molecular complexity index is 879. The summed E-state index contributed by atoms with van der Waals surface area (Å²) in [4.78, 5) is 36.4. The van der Waals surface area contributed by atoms with E-state index in [1.807, 2.05) is 5.32 Å². The summed E-state index contributed by atoms with van der Waals surface area (Å²) in [6, 6.07) is 1.91. The third-order valence-electron chi connectivity index (χ3n) is 5.68. The molecule has 1 aromatic carbocycles. The van der Waals surface area contributed by atoms with E-state index in [1.54, 1.807) is 0 Å². The van der Waals surface area contributed by atoms with Crippen LogP contribution in [0.1, 0.15) is 0 Å². The zero-order valence-corrected chi connectivity index (χ0v) is 15.4. The number of rotatable bonds is 6. The summed E-state index contributed by atoms with van der Waals surface area (Å²) in [6.07, 6.45) is -5.09. The molecule has 1 saturated carbocycles. The number of fused-ring (bicyclic) bond motifs is 1. The van der Waals surface area contributed by atoms with Gasteiger partial charge in [0.1, 0.15) is 11.8 Å². The third kappa shape index (κ3) is 3.50. The molecule has 2 amide bonds. The van der Waals surface area contributed by atoms with Gasteiger partial charge in [-0.1, -0.05) is 0 Å². The number of hydrogen-bond acceptors (Lipinski definition) is 5. The van der Waals surface area contributed by atoms with Crippen molar-refractivity contribution in [3.05, 3.63) is 23.8 Å². The van der Waals surface area contributed by atoms with Gasteiger partial charge < -0.3 is 20.1 Å². The highest BCUT2D eigenvalue weighted by Crippen LogP contribution is 2.53. The fourth-order valence-corrected chi connectivity index (χ4v) is 4.22. The molecular weight excluding hydrogens is 414 g/mol. The van der Waals surface area contributed by atoms with E-state index in [-0.39, 0.29) is 49.4 Å². The minimum absolute atomic E-state index is 0.116. The van der Waals surface area contributed by atoms with Crippen LogP contribution >= 0.6 is 0 Å². The van der Waals surface area contributed by atoms with Gasteiger partial charge in [0.2, 0.25) is 0 Å². The molecule has 2 saturated heterocycles. The number of nitrogens with one attached hydrogen (secondary N) is 1. The molecule has 1 aromatic rings. The normalized spacial score (nSPS) is 27.3. The van der Waals surface area contributed by atoms with Gasteiger partial charge in [-0.3, -0.25) is 14.5 Å². The van der Waals surface area contributed by atoms with Gasteiger partial charge in [-0.2, -0.15) is 8.78 Å². The summed E-state index contributed by atoms with van der Waals surface area (Å²) < 4.78 is 58.7. The molecule has 0 spiro atoms. The number of benzene rings is 1. The Morgan fingerprint density at radius 3 is 2.30 bits per heavy atom. The smallest absolute Gasteiger partial charge is 0.414 e. The molecule has 2 heterocycles. The number of ether oxygens (including phenoxy) is 1. The fourth-order valence-electron chi connectivity index (χ4n) is 4.22. The fraction of sp³-hybridized carbons (Fsp3) is 0.500. The van der Waals surface area contributed by atoms with Crippen LogP contribution < -0.4 is 15.1 Å². The number of carbonyl (C=O) groups excluding carboxylic acids is 2. The van der Waals surface area contributed by atoms with Crippen LogP contribution in [0.25, 0.3) is 0 Å². The first-order valence-electron chi connectivity index (χ1n) is 9.18. The number of carboxylic acid groups (broad SMARTS) is 1. The van der Waals surface area contributed by atoms with Crippen LogP contribution in [-0.2, 0) is 14.3 Å². The number of cyclic esters (lactones) is 1. The number of carboxylic acids is 1. The van der Waals surface area contributed by atoms with Gasteiger partial charge in [0.05, 0.1) is 24.7 Å². The number of anilines is 2. The maximum Gasteiger partial charge on any atom is 0.414 e. The molecule has 1 aliphatic carbocycles. The summed E-state index contributed by atoms with van der Waals surface area (Å²) in [6.45, 7) is -0.0938. The van der Waals surface area contributed by atoms with Crippen molar-refractivity contribution >= 4 is 29.3 Å². The zero-order chi connectivity index (χ0) is 21.7. The van der Waals surface area contributed by atoms with Crippen molar-refractivity contribution in [1.29, 1.82) is 0 Å². The lowest BCUT2D eigenvalue weighted by Crippen LogP contribution is -2.37. The molecule has 0 aromatic heterocycles. The SMILES string of the molecule is O=C(NC[C@H]1CN(c2cc(F)c(N3CC4C(C3)C4C(=O)O)c(F)c2)C(=O)O1)C(F)F. The minimum Gasteiger partial charge on any atom is -0.481 e. The quantitative estimate of drug-likeness (QED) is 0.662. The van der Waals surface area contributed by atoms with Crippen LogP contribution in [0.2, 0.25) is 0 Å². The molecule has 3 atom stereocenters. The maximum atomic E-state index is 14.7. The highest BCUT2D eigenvalue weighted by atomic mass is 19.3. The molecule has 4 rings (SSSR count). The van der Waals surface area contributed by atoms with E-state index < -0.39 is 48.1 Å². The van der Waals surface area contributed by atoms with Gasteiger partial charge in [0.25, 0.3) is 5.91 Å². The number of amides is 2. The van der Waals surface area contributed by atoms with Crippen LogP contribution in [0.3, 0.4) is 0 Å².